The maximum Gasteiger partial charge on any atom is 0.269 e. The Hall–Kier alpha value is -1.96. The van der Waals surface area contributed by atoms with Crippen molar-refractivity contribution in [3.63, 3.8) is 0 Å². The van der Waals surface area contributed by atoms with E-state index in [0.717, 1.165) is 5.56 Å². The van der Waals surface area contributed by atoms with Gasteiger partial charge in [0.1, 0.15) is 0 Å². The SMILES string of the molecule is C[C@@H](O)CC(=O)N(O)NC(=O)[C@@H](N)CCc1ccccc1. The van der Waals surface area contributed by atoms with Crippen LogP contribution in [-0.4, -0.2) is 39.4 Å². The minimum atomic E-state index is -0.907. The second kappa shape index (κ2) is 8.35. The molecule has 0 bridgehead atoms. The van der Waals surface area contributed by atoms with Gasteiger partial charge in [-0.2, -0.15) is 0 Å². The van der Waals surface area contributed by atoms with Crippen LogP contribution in [0.15, 0.2) is 30.3 Å². The molecular formula is C14H21N3O4. The molecule has 0 spiro atoms. The predicted octanol–water partition coefficient (Wildman–Crippen LogP) is -0.0336. The van der Waals surface area contributed by atoms with Crippen molar-refractivity contribution in [3.8, 4) is 0 Å². The highest BCUT2D eigenvalue weighted by Crippen LogP contribution is 2.04. The van der Waals surface area contributed by atoms with Crippen molar-refractivity contribution >= 4 is 11.8 Å². The fourth-order valence-electron chi connectivity index (χ4n) is 1.69. The number of aliphatic hydroxyl groups excluding tert-OH is 1. The van der Waals surface area contributed by atoms with E-state index in [1.807, 2.05) is 35.8 Å². The van der Waals surface area contributed by atoms with Crippen LogP contribution in [0, 0.1) is 0 Å². The third-order valence-electron chi connectivity index (χ3n) is 2.85. The zero-order valence-corrected chi connectivity index (χ0v) is 11.9. The van der Waals surface area contributed by atoms with Crippen LogP contribution in [0.1, 0.15) is 25.3 Å². The lowest BCUT2D eigenvalue weighted by Gasteiger charge is -2.19. The molecule has 1 rings (SSSR count). The van der Waals surface area contributed by atoms with E-state index >= 15 is 0 Å². The van der Waals surface area contributed by atoms with E-state index in [9.17, 15) is 14.8 Å². The van der Waals surface area contributed by atoms with Crippen molar-refractivity contribution in [2.24, 2.45) is 5.73 Å². The number of benzene rings is 1. The predicted molar refractivity (Wildman–Crippen MR) is 75.8 cm³/mol. The van der Waals surface area contributed by atoms with Gasteiger partial charge in [-0.3, -0.25) is 14.8 Å². The van der Waals surface area contributed by atoms with Crippen LogP contribution < -0.4 is 11.2 Å². The molecule has 2 atom stereocenters. The van der Waals surface area contributed by atoms with Gasteiger partial charge >= 0.3 is 0 Å². The summed E-state index contributed by atoms with van der Waals surface area (Å²) >= 11 is 0. The van der Waals surface area contributed by atoms with Gasteiger partial charge in [0.05, 0.1) is 18.6 Å². The van der Waals surface area contributed by atoms with Gasteiger partial charge < -0.3 is 10.8 Å². The summed E-state index contributed by atoms with van der Waals surface area (Å²) in [5.74, 6) is -1.47. The van der Waals surface area contributed by atoms with Gasteiger partial charge in [0, 0.05) is 0 Å². The summed E-state index contributed by atoms with van der Waals surface area (Å²) < 4.78 is 0. The lowest BCUT2D eigenvalue weighted by molar-refractivity contribution is -0.186. The third-order valence-corrected chi connectivity index (χ3v) is 2.85. The van der Waals surface area contributed by atoms with Crippen LogP contribution in [0.2, 0.25) is 0 Å². The van der Waals surface area contributed by atoms with Crippen molar-refractivity contribution in [2.75, 3.05) is 0 Å². The molecule has 1 aromatic rings. The Kier molecular flexibility index (Phi) is 6.80. The number of hydrogen-bond donors (Lipinski definition) is 4. The summed E-state index contributed by atoms with van der Waals surface area (Å²) in [6.07, 6.45) is -0.205. The molecule has 2 amide bonds. The smallest absolute Gasteiger partial charge is 0.269 e. The molecule has 0 radical (unpaired) electrons. The number of nitrogens with zero attached hydrogens (tertiary/aromatic N) is 1. The Morgan fingerprint density at radius 3 is 2.52 bits per heavy atom. The molecular weight excluding hydrogens is 274 g/mol. The van der Waals surface area contributed by atoms with Crippen LogP contribution in [0.3, 0.4) is 0 Å². The molecule has 7 heteroatoms. The first-order valence-electron chi connectivity index (χ1n) is 6.70. The Bertz CT molecular complexity index is 465. The second-order valence-electron chi connectivity index (χ2n) is 4.87. The lowest BCUT2D eigenvalue weighted by atomic mass is 10.1. The average Bonchev–Trinajstić information content (AvgIpc) is 2.44. The molecule has 0 aliphatic carbocycles. The van der Waals surface area contributed by atoms with Gasteiger partial charge in [-0.1, -0.05) is 30.3 Å². The Morgan fingerprint density at radius 1 is 1.33 bits per heavy atom. The summed E-state index contributed by atoms with van der Waals surface area (Å²) in [4.78, 5) is 23.1. The first-order chi connectivity index (χ1) is 9.90. The molecule has 0 aliphatic heterocycles. The number of nitrogens with two attached hydrogens (primary N) is 1. The highest BCUT2D eigenvalue weighted by atomic mass is 16.6. The van der Waals surface area contributed by atoms with E-state index in [0.29, 0.717) is 12.8 Å². The zero-order valence-electron chi connectivity index (χ0n) is 11.9. The van der Waals surface area contributed by atoms with Gasteiger partial charge in [0.15, 0.2) is 0 Å². The molecule has 0 unspecified atom stereocenters. The first kappa shape index (κ1) is 17.1. The van der Waals surface area contributed by atoms with Crippen molar-refractivity contribution in [2.45, 2.75) is 38.3 Å². The zero-order chi connectivity index (χ0) is 15.8. The topological polar surface area (TPSA) is 116 Å². The van der Waals surface area contributed by atoms with Gasteiger partial charge in [-0.15, -0.1) is 5.17 Å². The summed E-state index contributed by atoms with van der Waals surface area (Å²) in [5.41, 5.74) is 8.74. The normalized spacial score (nSPS) is 13.3. The molecule has 0 fully saturated rings. The number of rotatable bonds is 6. The number of carbonyl (C=O) groups excluding carboxylic acids is 2. The van der Waals surface area contributed by atoms with Crippen molar-refractivity contribution in [1.82, 2.24) is 10.6 Å². The van der Waals surface area contributed by atoms with Gasteiger partial charge in [-0.05, 0) is 25.3 Å². The fourth-order valence-corrected chi connectivity index (χ4v) is 1.69. The van der Waals surface area contributed by atoms with E-state index in [1.54, 1.807) is 0 Å². The number of aliphatic hydroxyl groups is 1. The Balaban J connectivity index is 2.38. The van der Waals surface area contributed by atoms with Crippen molar-refractivity contribution < 1.29 is 19.9 Å². The maximum absolute atomic E-state index is 11.7. The molecule has 0 saturated heterocycles. The number of carbonyl (C=O) groups is 2. The quantitative estimate of drug-likeness (QED) is 0.434. The van der Waals surface area contributed by atoms with Crippen LogP contribution in [-0.2, 0) is 16.0 Å². The molecule has 7 nitrogen and oxygen atoms in total. The van der Waals surface area contributed by atoms with E-state index < -0.39 is 24.0 Å². The summed E-state index contributed by atoms with van der Waals surface area (Å²) in [5, 5.41) is 18.5. The minimum absolute atomic E-state index is 0.0669. The van der Waals surface area contributed by atoms with Gasteiger partial charge in [-0.25, -0.2) is 5.43 Å². The highest BCUT2D eigenvalue weighted by molar-refractivity contribution is 5.84. The highest BCUT2D eigenvalue weighted by Gasteiger charge is 2.20. The maximum atomic E-state index is 11.7. The van der Waals surface area contributed by atoms with E-state index in [2.05, 4.69) is 0 Å². The summed E-state index contributed by atoms with van der Waals surface area (Å²) in [6, 6.07) is 8.69. The number of nitrogens with one attached hydrogen (secondary N) is 1. The molecule has 21 heavy (non-hydrogen) atoms. The number of hydrogen-bond acceptors (Lipinski definition) is 5. The first-order valence-corrected chi connectivity index (χ1v) is 6.70. The fraction of sp³-hybridized carbons (Fsp3) is 0.429. The summed E-state index contributed by atoms with van der Waals surface area (Å²) in [6.45, 7) is 1.40. The molecule has 0 aromatic heterocycles. The van der Waals surface area contributed by atoms with Crippen LogP contribution in [0.5, 0.6) is 0 Å². The van der Waals surface area contributed by atoms with E-state index in [4.69, 9.17) is 10.8 Å². The van der Waals surface area contributed by atoms with Crippen LogP contribution in [0.4, 0.5) is 0 Å². The molecule has 0 aliphatic rings. The standard InChI is InChI=1S/C14H21N3O4/c1-10(18)9-13(19)17(21)16-14(20)12(15)8-7-11-5-3-2-4-6-11/h2-6,10,12,18,21H,7-9,15H2,1H3,(H,16,20)/t10-,12+/m1/s1. The number of aryl methyl sites for hydroxylation is 1. The minimum Gasteiger partial charge on any atom is -0.393 e. The number of amides is 2. The molecule has 0 saturated carbocycles. The molecule has 1 aromatic carbocycles. The second-order valence-corrected chi connectivity index (χ2v) is 4.87. The largest absolute Gasteiger partial charge is 0.393 e. The third kappa shape index (κ3) is 6.35. The Labute approximate surface area is 123 Å². The van der Waals surface area contributed by atoms with E-state index in [1.165, 1.54) is 6.92 Å². The van der Waals surface area contributed by atoms with Gasteiger partial charge in [0.2, 0.25) is 0 Å². The van der Waals surface area contributed by atoms with Crippen molar-refractivity contribution in [1.29, 1.82) is 0 Å². The van der Waals surface area contributed by atoms with Gasteiger partial charge in [0.25, 0.3) is 11.8 Å². The Morgan fingerprint density at radius 2 is 1.95 bits per heavy atom. The number of hydrazine groups is 1. The summed E-state index contributed by atoms with van der Waals surface area (Å²) in [7, 11) is 0. The molecule has 5 N–H and O–H groups in total. The van der Waals surface area contributed by atoms with Crippen molar-refractivity contribution in [3.05, 3.63) is 35.9 Å². The number of hydroxylamine groups is 1. The lowest BCUT2D eigenvalue weighted by Crippen LogP contribution is -2.51. The van der Waals surface area contributed by atoms with Crippen LogP contribution in [0.25, 0.3) is 0 Å². The monoisotopic (exact) mass is 295 g/mol. The average molecular weight is 295 g/mol. The van der Waals surface area contributed by atoms with Crippen LogP contribution >= 0.6 is 0 Å². The van der Waals surface area contributed by atoms with E-state index in [-0.39, 0.29) is 11.6 Å². The molecule has 116 valence electrons. The molecule has 0 heterocycles.